The van der Waals surface area contributed by atoms with E-state index in [1.54, 1.807) is 6.20 Å². The molecule has 276 valence electrons. The predicted molar refractivity (Wildman–Crippen MR) is 216 cm³/mol. The fourth-order valence-corrected chi connectivity index (χ4v) is 8.74. The van der Waals surface area contributed by atoms with Gasteiger partial charge >= 0.3 is 0 Å². The minimum absolute atomic E-state index is 0.448. The van der Waals surface area contributed by atoms with E-state index < -0.39 is 0 Å². The lowest BCUT2D eigenvalue weighted by atomic mass is 10.0. The fourth-order valence-electron chi connectivity index (χ4n) is 8.53. The SMILES string of the molecule is Cc1ccc(-c2cc(OC[C@@H]3CCCN3)cnc2Cl)cc1.c1ccc2ncc(N3CC4CNCC4C3)cc2c1.c1cncc(N2CC[C@@H]3CNC[C@@H]32)c1. The van der Waals surface area contributed by atoms with E-state index in [2.05, 4.69) is 102 Å². The summed E-state index contributed by atoms with van der Waals surface area (Å²) in [5, 5.41) is 12.1. The number of halogens is 1. The van der Waals surface area contributed by atoms with Crippen LogP contribution in [-0.2, 0) is 0 Å². The monoisotopic (exact) mass is 730 g/mol. The summed E-state index contributed by atoms with van der Waals surface area (Å²) in [4.78, 5) is 18.0. The predicted octanol–water partition coefficient (Wildman–Crippen LogP) is 6.61. The molecule has 3 aromatic heterocycles. The molecule has 9 nitrogen and oxygen atoms in total. The van der Waals surface area contributed by atoms with Crippen molar-refractivity contribution in [2.24, 2.45) is 17.8 Å². The molecule has 0 aliphatic carbocycles. The molecular weight excluding hydrogens is 680 g/mol. The number of hydrogen-bond acceptors (Lipinski definition) is 9. The number of fused-ring (bicyclic) bond motifs is 3. The first-order chi connectivity index (χ1) is 26.1. The van der Waals surface area contributed by atoms with Crippen molar-refractivity contribution in [3.8, 4) is 16.9 Å². The summed E-state index contributed by atoms with van der Waals surface area (Å²) in [5.74, 6) is 3.28. The van der Waals surface area contributed by atoms with Crippen molar-refractivity contribution in [2.45, 2.75) is 38.3 Å². The maximum atomic E-state index is 6.22. The molecule has 3 N–H and O–H groups in total. The van der Waals surface area contributed by atoms with Crippen LogP contribution in [-0.4, -0.2) is 86.0 Å². The van der Waals surface area contributed by atoms with Crippen LogP contribution in [0.4, 0.5) is 11.4 Å². The highest BCUT2D eigenvalue weighted by Crippen LogP contribution is 2.33. The van der Waals surface area contributed by atoms with Crippen LogP contribution in [0.1, 0.15) is 24.8 Å². The van der Waals surface area contributed by atoms with E-state index in [1.807, 2.05) is 36.8 Å². The van der Waals surface area contributed by atoms with Crippen molar-refractivity contribution >= 4 is 33.9 Å². The Hall–Kier alpha value is -4.28. The zero-order valence-corrected chi connectivity index (χ0v) is 31.4. The smallest absolute Gasteiger partial charge is 0.138 e. The van der Waals surface area contributed by atoms with Gasteiger partial charge in [-0.3, -0.25) is 9.97 Å². The van der Waals surface area contributed by atoms with E-state index >= 15 is 0 Å². The second-order valence-corrected chi connectivity index (χ2v) is 15.5. The molecule has 0 spiro atoms. The maximum Gasteiger partial charge on any atom is 0.138 e. The molecule has 0 bridgehead atoms. The number of para-hydroxylation sites is 1. The van der Waals surface area contributed by atoms with Crippen molar-refractivity contribution < 1.29 is 4.74 Å². The van der Waals surface area contributed by atoms with E-state index in [9.17, 15) is 0 Å². The maximum absolute atomic E-state index is 6.22. The molecule has 8 heterocycles. The molecule has 0 radical (unpaired) electrons. The van der Waals surface area contributed by atoms with E-state index in [-0.39, 0.29) is 0 Å². The van der Waals surface area contributed by atoms with Gasteiger partial charge in [0.05, 0.1) is 35.5 Å². The van der Waals surface area contributed by atoms with Gasteiger partial charge < -0.3 is 30.5 Å². The number of ether oxygens (including phenoxy) is 1. The van der Waals surface area contributed by atoms with Crippen molar-refractivity contribution in [1.29, 1.82) is 0 Å². The van der Waals surface area contributed by atoms with Gasteiger partial charge in [-0.25, -0.2) is 4.98 Å². The minimum atomic E-state index is 0.448. The Labute approximate surface area is 318 Å². The normalized spacial score (nSPS) is 24.3. The Kier molecular flexibility index (Phi) is 11.3. The molecule has 5 aliphatic heterocycles. The molecule has 5 fully saturated rings. The summed E-state index contributed by atoms with van der Waals surface area (Å²) >= 11 is 6.22. The first kappa shape index (κ1) is 35.7. The molecule has 0 saturated carbocycles. The van der Waals surface area contributed by atoms with E-state index in [4.69, 9.17) is 16.3 Å². The summed E-state index contributed by atoms with van der Waals surface area (Å²) < 4.78 is 5.85. The van der Waals surface area contributed by atoms with Crippen LogP contribution in [0.25, 0.3) is 22.0 Å². The molecular formula is C43H51ClN8O. The summed E-state index contributed by atoms with van der Waals surface area (Å²) in [6.45, 7) is 12.1. The molecule has 10 heteroatoms. The zero-order chi connectivity index (χ0) is 36.0. The van der Waals surface area contributed by atoms with Gasteiger partial charge in [0.15, 0.2) is 0 Å². The minimum Gasteiger partial charge on any atom is -0.490 e. The molecule has 5 atom stereocenters. The van der Waals surface area contributed by atoms with Crippen LogP contribution >= 0.6 is 11.6 Å². The Bertz CT molecular complexity index is 1930. The highest BCUT2D eigenvalue weighted by Gasteiger charge is 2.38. The quantitative estimate of drug-likeness (QED) is 0.167. The second kappa shape index (κ2) is 16.8. The number of rotatable bonds is 6. The Morgan fingerprint density at radius 3 is 2.42 bits per heavy atom. The van der Waals surface area contributed by atoms with Crippen LogP contribution in [0, 0.1) is 24.7 Å². The Morgan fingerprint density at radius 2 is 1.62 bits per heavy atom. The van der Waals surface area contributed by atoms with Crippen LogP contribution < -0.4 is 30.5 Å². The third-order valence-corrected chi connectivity index (χ3v) is 11.8. The summed E-state index contributed by atoms with van der Waals surface area (Å²) in [7, 11) is 0. The van der Waals surface area contributed by atoms with E-state index in [0.717, 1.165) is 53.2 Å². The van der Waals surface area contributed by atoms with Gasteiger partial charge in [-0.1, -0.05) is 59.6 Å². The number of benzene rings is 2. The highest BCUT2D eigenvalue weighted by atomic mass is 35.5. The molecule has 5 saturated heterocycles. The molecule has 0 amide bonds. The van der Waals surface area contributed by atoms with Crippen molar-refractivity contribution in [2.75, 3.05) is 68.8 Å². The molecule has 5 aromatic rings. The zero-order valence-electron chi connectivity index (χ0n) is 30.6. The molecule has 10 rings (SSSR count). The summed E-state index contributed by atoms with van der Waals surface area (Å²) in [6.07, 6.45) is 11.2. The van der Waals surface area contributed by atoms with Gasteiger partial charge in [0.25, 0.3) is 0 Å². The molecule has 2 unspecified atom stereocenters. The average Bonchev–Trinajstić information content (AvgIpc) is 4.04. The molecule has 5 aliphatic rings. The highest BCUT2D eigenvalue weighted by molar-refractivity contribution is 6.32. The number of aryl methyl sites for hydroxylation is 1. The molecule has 2 aromatic carbocycles. The number of aromatic nitrogens is 3. The Balaban J connectivity index is 0.000000115. The standard InChI is InChI=1S/C17H19ClN2O.C15H17N3.C11H15N3/c1-12-4-6-13(7-5-12)16-9-15(10-20-17(16)18)21-11-14-3-2-8-19-14;1-2-4-15-11(3-1)5-14(8-17-15)18-9-12-6-16-7-13(12)10-18;1-2-10(7-12-4-1)14-5-3-9-6-13-8-11(9)14/h4-7,9-10,14,19H,2-3,8,11H2,1H3;1-5,8,12-13,16H,6-7,9-10H2;1-2,4,7,9,11,13H,3,5-6,8H2/t14-;;9-,11+/m0.1/s1. The topological polar surface area (TPSA) is 90.5 Å². The number of anilines is 2. The average molecular weight is 731 g/mol. The third-order valence-electron chi connectivity index (χ3n) is 11.5. The third kappa shape index (κ3) is 8.60. The van der Waals surface area contributed by atoms with Crippen LogP contribution in [0.2, 0.25) is 5.15 Å². The van der Waals surface area contributed by atoms with E-state index in [0.29, 0.717) is 23.8 Å². The second-order valence-electron chi connectivity index (χ2n) is 15.1. The van der Waals surface area contributed by atoms with Gasteiger partial charge in [-0.2, -0.15) is 0 Å². The lowest BCUT2D eigenvalue weighted by molar-refractivity contribution is 0.276. The van der Waals surface area contributed by atoms with Gasteiger partial charge in [0, 0.05) is 75.0 Å². The molecule has 53 heavy (non-hydrogen) atoms. The van der Waals surface area contributed by atoms with Crippen LogP contribution in [0.3, 0.4) is 0 Å². The first-order valence-corrected chi connectivity index (χ1v) is 19.7. The lowest BCUT2D eigenvalue weighted by Crippen LogP contribution is -2.34. The van der Waals surface area contributed by atoms with Gasteiger partial charge in [0.2, 0.25) is 0 Å². The van der Waals surface area contributed by atoms with Crippen molar-refractivity contribution in [3.05, 3.63) is 108 Å². The Morgan fingerprint density at radius 1 is 0.811 bits per heavy atom. The summed E-state index contributed by atoms with van der Waals surface area (Å²) in [6, 6.07) is 26.2. The largest absolute Gasteiger partial charge is 0.490 e. The number of nitrogens with one attached hydrogen (secondary N) is 3. The summed E-state index contributed by atoms with van der Waals surface area (Å²) in [5.41, 5.74) is 6.84. The van der Waals surface area contributed by atoms with Crippen LogP contribution in [0.15, 0.2) is 97.6 Å². The number of nitrogens with zero attached hydrogens (tertiary/aromatic N) is 5. The fraction of sp³-hybridized carbons (Fsp3) is 0.419. The van der Waals surface area contributed by atoms with Gasteiger partial charge in [0.1, 0.15) is 17.5 Å². The van der Waals surface area contributed by atoms with E-state index in [1.165, 1.54) is 80.9 Å². The first-order valence-electron chi connectivity index (χ1n) is 19.3. The lowest BCUT2D eigenvalue weighted by Gasteiger charge is -2.25. The van der Waals surface area contributed by atoms with Crippen LogP contribution in [0.5, 0.6) is 5.75 Å². The van der Waals surface area contributed by atoms with Gasteiger partial charge in [-0.15, -0.1) is 0 Å². The number of pyridine rings is 3. The van der Waals surface area contributed by atoms with Crippen molar-refractivity contribution in [1.82, 2.24) is 30.9 Å². The number of hydrogen-bond donors (Lipinski definition) is 3. The van der Waals surface area contributed by atoms with Crippen molar-refractivity contribution in [3.63, 3.8) is 0 Å². The van der Waals surface area contributed by atoms with Gasteiger partial charge in [-0.05, 0) is 86.4 Å².